The van der Waals surface area contributed by atoms with E-state index < -0.39 is 0 Å². The van der Waals surface area contributed by atoms with E-state index in [0.29, 0.717) is 6.42 Å². The average Bonchev–Trinajstić information content (AvgIpc) is 3.01. The molecule has 0 amide bonds. The van der Waals surface area contributed by atoms with Crippen LogP contribution in [0, 0.1) is 11.8 Å². The van der Waals surface area contributed by atoms with E-state index in [0.717, 1.165) is 35.5 Å². The Morgan fingerprint density at radius 3 is 2.61 bits per heavy atom. The van der Waals surface area contributed by atoms with Gasteiger partial charge in [0.2, 0.25) is 0 Å². The van der Waals surface area contributed by atoms with Gasteiger partial charge in [0.15, 0.2) is 10.9 Å². The van der Waals surface area contributed by atoms with Gasteiger partial charge in [-0.1, -0.05) is 6.42 Å². The van der Waals surface area contributed by atoms with Gasteiger partial charge in [-0.15, -0.1) is 11.3 Å². The van der Waals surface area contributed by atoms with Crippen LogP contribution in [0.2, 0.25) is 0 Å². The molecule has 1 aromatic heterocycles. The number of rotatable bonds is 1. The van der Waals surface area contributed by atoms with Crippen molar-refractivity contribution in [2.75, 3.05) is 18.0 Å². The lowest BCUT2D eigenvalue weighted by Crippen LogP contribution is -2.20. The smallest absolute Gasteiger partial charge is 0.186 e. The molecule has 2 aliphatic carbocycles. The van der Waals surface area contributed by atoms with Gasteiger partial charge in [-0.25, -0.2) is 4.98 Å². The molecule has 2 heterocycles. The molecule has 3 nitrogen and oxygen atoms in total. The summed E-state index contributed by atoms with van der Waals surface area (Å²) in [5.41, 5.74) is 0.790. The molecule has 3 aliphatic rings. The number of ketones is 1. The van der Waals surface area contributed by atoms with Crippen LogP contribution in [0.4, 0.5) is 5.13 Å². The van der Waals surface area contributed by atoms with Gasteiger partial charge in [-0.05, 0) is 37.5 Å². The molecule has 1 saturated carbocycles. The zero-order chi connectivity index (χ0) is 12.1. The van der Waals surface area contributed by atoms with Crippen LogP contribution in [0.15, 0.2) is 0 Å². The van der Waals surface area contributed by atoms with Crippen molar-refractivity contribution in [1.29, 1.82) is 0 Å². The lowest BCUT2D eigenvalue weighted by molar-refractivity contribution is 0.0968. The summed E-state index contributed by atoms with van der Waals surface area (Å²) < 4.78 is 0. The second kappa shape index (κ2) is 4.05. The standard InChI is InChI=1S/C14H18N2OS/c17-11-5-2-6-12-13(11)15-14(18-12)16-7-9-3-1-4-10(9)8-16/h9-10H,1-8H2. The minimum atomic E-state index is 0.262. The molecule has 0 N–H and O–H groups in total. The molecule has 0 bridgehead atoms. The number of Topliss-reactive ketones (excluding diaryl/α,β-unsaturated/α-hetero) is 1. The summed E-state index contributed by atoms with van der Waals surface area (Å²) in [7, 11) is 0. The zero-order valence-electron chi connectivity index (χ0n) is 10.5. The molecule has 1 saturated heterocycles. The normalized spacial score (nSPS) is 30.7. The van der Waals surface area contributed by atoms with Crippen LogP contribution >= 0.6 is 11.3 Å². The van der Waals surface area contributed by atoms with Crippen molar-refractivity contribution in [2.24, 2.45) is 11.8 Å². The highest BCUT2D eigenvalue weighted by atomic mass is 32.1. The van der Waals surface area contributed by atoms with Crippen LogP contribution in [0.1, 0.15) is 47.5 Å². The molecule has 18 heavy (non-hydrogen) atoms. The Labute approximate surface area is 111 Å². The summed E-state index contributed by atoms with van der Waals surface area (Å²) in [5, 5.41) is 1.12. The van der Waals surface area contributed by atoms with Gasteiger partial charge in [0, 0.05) is 24.4 Å². The molecular weight excluding hydrogens is 244 g/mol. The van der Waals surface area contributed by atoms with E-state index in [2.05, 4.69) is 9.88 Å². The first kappa shape index (κ1) is 11.0. The second-order valence-electron chi connectivity index (χ2n) is 5.90. The van der Waals surface area contributed by atoms with Gasteiger partial charge in [0.05, 0.1) is 0 Å². The van der Waals surface area contributed by atoms with Gasteiger partial charge in [0.1, 0.15) is 5.69 Å². The third kappa shape index (κ3) is 1.62. The largest absolute Gasteiger partial charge is 0.347 e. The number of hydrogen-bond acceptors (Lipinski definition) is 4. The minimum Gasteiger partial charge on any atom is -0.347 e. The number of carbonyl (C=O) groups is 1. The molecule has 1 aliphatic heterocycles. The van der Waals surface area contributed by atoms with E-state index in [1.807, 2.05) is 0 Å². The highest BCUT2D eigenvalue weighted by Crippen LogP contribution is 2.41. The first-order valence-electron chi connectivity index (χ1n) is 7.09. The minimum absolute atomic E-state index is 0.262. The number of aryl methyl sites for hydroxylation is 1. The summed E-state index contributed by atoms with van der Waals surface area (Å²) in [6.07, 6.45) is 6.96. The van der Waals surface area contributed by atoms with Crippen molar-refractivity contribution in [3.63, 3.8) is 0 Å². The maximum Gasteiger partial charge on any atom is 0.186 e. The molecule has 2 unspecified atom stereocenters. The van der Waals surface area contributed by atoms with Gasteiger partial charge in [-0.2, -0.15) is 0 Å². The number of aromatic nitrogens is 1. The summed E-state index contributed by atoms with van der Waals surface area (Å²) in [6.45, 7) is 2.34. The van der Waals surface area contributed by atoms with Crippen molar-refractivity contribution in [2.45, 2.75) is 38.5 Å². The fourth-order valence-electron chi connectivity index (χ4n) is 3.78. The van der Waals surface area contributed by atoms with Crippen LogP contribution in [0.25, 0.3) is 0 Å². The van der Waals surface area contributed by atoms with Crippen LogP contribution in [0.3, 0.4) is 0 Å². The quantitative estimate of drug-likeness (QED) is 0.780. The Morgan fingerprint density at radius 2 is 1.89 bits per heavy atom. The molecule has 0 spiro atoms. The molecule has 1 aromatic rings. The lowest BCUT2D eigenvalue weighted by Gasteiger charge is -2.15. The number of thiazole rings is 1. The summed E-state index contributed by atoms with van der Waals surface area (Å²) in [4.78, 5) is 20.1. The van der Waals surface area contributed by atoms with Crippen molar-refractivity contribution >= 4 is 22.3 Å². The Hall–Kier alpha value is -0.900. The van der Waals surface area contributed by atoms with Crippen LogP contribution in [-0.4, -0.2) is 23.9 Å². The first-order chi connectivity index (χ1) is 8.81. The van der Waals surface area contributed by atoms with E-state index in [9.17, 15) is 4.79 Å². The predicted octanol–water partition coefficient (Wildman–Crippen LogP) is 2.90. The molecular formula is C14H18N2OS. The molecule has 0 radical (unpaired) electrons. The number of carbonyl (C=O) groups excluding carboxylic acids is 1. The van der Waals surface area contributed by atoms with Gasteiger partial charge >= 0.3 is 0 Å². The maximum absolute atomic E-state index is 11.8. The summed E-state index contributed by atoms with van der Waals surface area (Å²) in [5.74, 6) is 2.04. The van der Waals surface area contributed by atoms with E-state index in [4.69, 9.17) is 0 Å². The number of nitrogens with zero attached hydrogens (tertiary/aromatic N) is 2. The van der Waals surface area contributed by atoms with Crippen LogP contribution < -0.4 is 4.90 Å². The van der Waals surface area contributed by atoms with Crippen LogP contribution in [-0.2, 0) is 6.42 Å². The second-order valence-corrected chi connectivity index (χ2v) is 6.96. The van der Waals surface area contributed by atoms with E-state index in [1.165, 1.54) is 37.2 Å². The lowest BCUT2D eigenvalue weighted by atomic mass is 10.0. The Bertz CT molecular complexity index is 484. The van der Waals surface area contributed by atoms with Crippen LogP contribution in [0.5, 0.6) is 0 Å². The molecule has 4 heteroatoms. The van der Waals surface area contributed by atoms with Crippen molar-refractivity contribution < 1.29 is 4.79 Å². The predicted molar refractivity (Wildman–Crippen MR) is 72.4 cm³/mol. The summed E-state index contributed by atoms with van der Waals surface area (Å²) >= 11 is 1.77. The molecule has 0 aromatic carbocycles. The maximum atomic E-state index is 11.8. The highest BCUT2D eigenvalue weighted by molar-refractivity contribution is 7.16. The van der Waals surface area contributed by atoms with Crippen molar-refractivity contribution in [3.05, 3.63) is 10.6 Å². The third-order valence-corrected chi connectivity index (χ3v) is 5.93. The highest BCUT2D eigenvalue weighted by Gasteiger charge is 2.37. The van der Waals surface area contributed by atoms with Gasteiger partial charge < -0.3 is 4.90 Å². The van der Waals surface area contributed by atoms with E-state index in [-0.39, 0.29) is 5.78 Å². The third-order valence-electron chi connectivity index (χ3n) is 4.75. The molecule has 96 valence electrons. The average molecular weight is 262 g/mol. The number of hydrogen-bond donors (Lipinski definition) is 0. The fourth-order valence-corrected chi connectivity index (χ4v) is 4.92. The Balaban J connectivity index is 1.60. The van der Waals surface area contributed by atoms with Gasteiger partial charge in [0.25, 0.3) is 0 Å². The fraction of sp³-hybridized carbons (Fsp3) is 0.714. The number of fused-ring (bicyclic) bond motifs is 2. The molecule has 2 fully saturated rings. The number of anilines is 1. The monoisotopic (exact) mass is 262 g/mol. The Kier molecular flexibility index (Phi) is 2.47. The summed E-state index contributed by atoms with van der Waals surface area (Å²) in [6, 6.07) is 0. The van der Waals surface area contributed by atoms with Crippen molar-refractivity contribution in [3.8, 4) is 0 Å². The SMILES string of the molecule is O=C1CCCc2sc(N3CC4CCCC4C3)nc21. The van der Waals surface area contributed by atoms with Crippen molar-refractivity contribution in [1.82, 2.24) is 4.98 Å². The first-order valence-corrected chi connectivity index (χ1v) is 7.91. The van der Waals surface area contributed by atoms with E-state index >= 15 is 0 Å². The Morgan fingerprint density at radius 1 is 1.11 bits per heavy atom. The zero-order valence-corrected chi connectivity index (χ0v) is 11.3. The van der Waals surface area contributed by atoms with Gasteiger partial charge in [-0.3, -0.25) is 4.79 Å². The van der Waals surface area contributed by atoms with E-state index in [1.54, 1.807) is 11.3 Å². The molecule has 2 atom stereocenters. The topological polar surface area (TPSA) is 33.2 Å². The molecule has 4 rings (SSSR count).